The molecule has 134 valence electrons. The van der Waals surface area contributed by atoms with Crippen molar-refractivity contribution >= 4 is 17.5 Å². The number of carbonyl (C=O) groups excluding carboxylic acids is 1. The van der Waals surface area contributed by atoms with Crippen molar-refractivity contribution in [3.05, 3.63) is 41.0 Å². The molecular formula is C18H23ClN4O2. The van der Waals surface area contributed by atoms with Crippen molar-refractivity contribution in [2.45, 2.75) is 13.5 Å². The maximum atomic E-state index is 12.5. The summed E-state index contributed by atoms with van der Waals surface area (Å²) in [5, 5.41) is 8.17. The summed E-state index contributed by atoms with van der Waals surface area (Å²) in [7, 11) is 0. The van der Waals surface area contributed by atoms with E-state index in [1.54, 1.807) is 4.68 Å². The van der Waals surface area contributed by atoms with Crippen LogP contribution < -0.4 is 5.32 Å². The van der Waals surface area contributed by atoms with Crippen molar-refractivity contribution in [3.8, 4) is 11.3 Å². The van der Waals surface area contributed by atoms with Crippen LogP contribution in [0, 0.1) is 0 Å². The number of morpholine rings is 1. The number of halogens is 1. The third-order valence-electron chi connectivity index (χ3n) is 4.25. The van der Waals surface area contributed by atoms with Crippen molar-refractivity contribution in [2.24, 2.45) is 0 Å². The Morgan fingerprint density at radius 1 is 1.32 bits per heavy atom. The quantitative estimate of drug-likeness (QED) is 0.856. The maximum absolute atomic E-state index is 12.5. The molecule has 1 saturated heterocycles. The largest absolute Gasteiger partial charge is 0.379 e. The molecule has 1 N–H and O–H groups in total. The zero-order valence-electron chi connectivity index (χ0n) is 14.4. The van der Waals surface area contributed by atoms with Crippen LogP contribution in [0.2, 0.25) is 5.02 Å². The second kappa shape index (κ2) is 8.47. The molecule has 0 spiro atoms. The lowest BCUT2D eigenvalue weighted by molar-refractivity contribution is 0.0383. The SMILES string of the molecule is CCn1nc(-c2cccc(Cl)c2)cc1C(=O)NCCN1CCOCC1. The smallest absolute Gasteiger partial charge is 0.269 e. The van der Waals surface area contributed by atoms with Crippen molar-refractivity contribution < 1.29 is 9.53 Å². The van der Waals surface area contributed by atoms with Gasteiger partial charge in [0.2, 0.25) is 0 Å². The Morgan fingerprint density at radius 2 is 2.12 bits per heavy atom. The van der Waals surface area contributed by atoms with Gasteiger partial charge in [0, 0.05) is 43.3 Å². The molecule has 1 aromatic heterocycles. The van der Waals surface area contributed by atoms with E-state index in [1.165, 1.54) is 0 Å². The van der Waals surface area contributed by atoms with Crippen molar-refractivity contribution in [1.29, 1.82) is 0 Å². The summed E-state index contributed by atoms with van der Waals surface area (Å²) >= 11 is 6.05. The van der Waals surface area contributed by atoms with Crippen LogP contribution in [0.4, 0.5) is 0 Å². The van der Waals surface area contributed by atoms with E-state index in [0.717, 1.165) is 44.1 Å². The molecule has 0 bridgehead atoms. The fraction of sp³-hybridized carbons (Fsp3) is 0.444. The summed E-state index contributed by atoms with van der Waals surface area (Å²) in [6.45, 7) is 7.41. The fourth-order valence-electron chi connectivity index (χ4n) is 2.87. The molecule has 2 heterocycles. The summed E-state index contributed by atoms with van der Waals surface area (Å²) in [4.78, 5) is 14.8. The molecule has 1 aromatic carbocycles. The van der Waals surface area contributed by atoms with E-state index in [4.69, 9.17) is 16.3 Å². The number of nitrogens with one attached hydrogen (secondary N) is 1. The molecule has 1 fully saturated rings. The minimum Gasteiger partial charge on any atom is -0.379 e. The van der Waals surface area contributed by atoms with Gasteiger partial charge in [0.25, 0.3) is 5.91 Å². The molecule has 0 radical (unpaired) electrons. The lowest BCUT2D eigenvalue weighted by Crippen LogP contribution is -2.41. The number of aromatic nitrogens is 2. The van der Waals surface area contributed by atoms with Crippen molar-refractivity contribution in [1.82, 2.24) is 20.0 Å². The Labute approximate surface area is 152 Å². The van der Waals surface area contributed by atoms with Gasteiger partial charge in [0.15, 0.2) is 0 Å². The first-order chi connectivity index (χ1) is 12.2. The van der Waals surface area contributed by atoms with E-state index in [0.29, 0.717) is 23.8 Å². The highest BCUT2D eigenvalue weighted by atomic mass is 35.5. The van der Waals surface area contributed by atoms with Gasteiger partial charge in [-0.3, -0.25) is 14.4 Å². The second-order valence-corrected chi connectivity index (χ2v) is 6.39. The average molecular weight is 363 g/mol. The molecule has 0 aliphatic carbocycles. The minimum atomic E-state index is -0.101. The van der Waals surface area contributed by atoms with Gasteiger partial charge in [-0.15, -0.1) is 0 Å². The highest BCUT2D eigenvalue weighted by Crippen LogP contribution is 2.22. The summed E-state index contributed by atoms with van der Waals surface area (Å²) in [5.74, 6) is -0.101. The Bertz CT molecular complexity index is 726. The monoisotopic (exact) mass is 362 g/mol. The number of carbonyl (C=O) groups is 1. The van der Waals surface area contributed by atoms with Crippen LogP contribution in [0.25, 0.3) is 11.3 Å². The molecular weight excluding hydrogens is 340 g/mol. The Balaban J connectivity index is 1.65. The third-order valence-corrected chi connectivity index (χ3v) is 4.48. The molecule has 0 saturated carbocycles. The number of hydrogen-bond donors (Lipinski definition) is 1. The number of nitrogens with zero attached hydrogens (tertiary/aromatic N) is 3. The highest BCUT2D eigenvalue weighted by molar-refractivity contribution is 6.30. The summed E-state index contributed by atoms with van der Waals surface area (Å²) in [6, 6.07) is 9.31. The van der Waals surface area contributed by atoms with E-state index in [2.05, 4.69) is 15.3 Å². The number of amides is 1. The summed E-state index contributed by atoms with van der Waals surface area (Å²) in [6.07, 6.45) is 0. The summed E-state index contributed by atoms with van der Waals surface area (Å²) in [5.41, 5.74) is 2.23. The standard InChI is InChI=1S/C18H23ClN4O2/c1-2-23-17(13-16(21-23)14-4-3-5-15(19)12-14)18(24)20-6-7-22-8-10-25-11-9-22/h3-5,12-13H,2,6-11H2,1H3,(H,20,24). The van der Waals surface area contributed by atoms with E-state index >= 15 is 0 Å². The molecule has 25 heavy (non-hydrogen) atoms. The van der Waals surface area contributed by atoms with Gasteiger partial charge in [-0.1, -0.05) is 23.7 Å². The van der Waals surface area contributed by atoms with Gasteiger partial charge < -0.3 is 10.1 Å². The number of benzene rings is 1. The molecule has 2 aromatic rings. The third kappa shape index (κ3) is 4.60. The Morgan fingerprint density at radius 3 is 2.84 bits per heavy atom. The average Bonchev–Trinajstić information content (AvgIpc) is 3.07. The van der Waals surface area contributed by atoms with Gasteiger partial charge in [-0.05, 0) is 25.1 Å². The first-order valence-corrected chi connectivity index (χ1v) is 8.97. The zero-order chi connectivity index (χ0) is 17.6. The van der Waals surface area contributed by atoms with Crippen LogP contribution in [0.15, 0.2) is 30.3 Å². The van der Waals surface area contributed by atoms with E-state index in [1.807, 2.05) is 37.3 Å². The van der Waals surface area contributed by atoms with Crippen LogP contribution in [-0.2, 0) is 11.3 Å². The second-order valence-electron chi connectivity index (χ2n) is 5.95. The van der Waals surface area contributed by atoms with Crippen LogP contribution in [0.3, 0.4) is 0 Å². The predicted molar refractivity (Wildman–Crippen MR) is 97.9 cm³/mol. The minimum absolute atomic E-state index is 0.101. The molecule has 3 rings (SSSR count). The van der Waals surface area contributed by atoms with Crippen molar-refractivity contribution in [3.63, 3.8) is 0 Å². The molecule has 6 nitrogen and oxygen atoms in total. The molecule has 0 unspecified atom stereocenters. The predicted octanol–water partition coefficient (Wildman–Crippen LogP) is 2.29. The number of hydrogen-bond acceptors (Lipinski definition) is 4. The topological polar surface area (TPSA) is 59.4 Å². The van der Waals surface area contributed by atoms with Crippen LogP contribution in [-0.4, -0.2) is 60.0 Å². The maximum Gasteiger partial charge on any atom is 0.269 e. The van der Waals surface area contributed by atoms with Gasteiger partial charge in [0.05, 0.1) is 18.9 Å². The van der Waals surface area contributed by atoms with Gasteiger partial charge in [0.1, 0.15) is 5.69 Å². The zero-order valence-corrected chi connectivity index (χ0v) is 15.1. The number of ether oxygens (including phenoxy) is 1. The lowest BCUT2D eigenvalue weighted by atomic mass is 10.1. The van der Waals surface area contributed by atoms with E-state index in [-0.39, 0.29) is 5.91 Å². The number of aryl methyl sites for hydroxylation is 1. The normalized spacial score (nSPS) is 15.3. The van der Waals surface area contributed by atoms with Crippen LogP contribution in [0.5, 0.6) is 0 Å². The highest BCUT2D eigenvalue weighted by Gasteiger charge is 2.16. The molecule has 0 atom stereocenters. The summed E-state index contributed by atoms with van der Waals surface area (Å²) < 4.78 is 7.05. The Hall–Kier alpha value is -1.89. The van der Waals surface area contributed by atoms with Gasteiger partial charge in [-0.25, -0.2) is 0 Å². The lowest BCUT2D eigenvalue weighted by Gasteiger charge is -2.26. The molecule has 1 aliphatic heterocycles. The van der Waals surface area contributed by atoms with E-state index < -0.39 is 0 Å². The molecule has 1 amide bonds. The van der Waals surface area contributed by atoms with Crippen molar-refractivity contribution in [2.75, 3.05) is 39.4 Å². The molecule has 1 aliphatic rings. The number of rotatable bonds is 6. The van der Waals surface area contributed by atoms with Crippen LogP contribution >= 0.6 is 11.6 Å². The first kappa shape index (κ1) is 17.9. The van der Waals surface area contributed by atoms with Gasteiger partial charge in [-0.2, -0.15) is 5.10 Å². The van der Waals surface area contributed by atoms with Crippen LogP contribution in [0.1, 0.15) is 17.4 Å². The van der Waals surface area contributed by atoms with E-state index in [9.17, 15) is 4.79 Å². The Kier molecular flexibility index (Phi) is 6.07. The van der Waals surface area contributed by atoms with Gasteiger partial charge >= 0.3 is 0 Å². The molecule has 7 heteroatoms. The first-order valence-electron chi connectivity index (χ1n) is 8.59. The fourth-order valence-corrected chi connectivity index (χ4v) is 3.06.